The summed E-state index contributed by atoms with van der Waals surface area (Å²) in [5.41, 5.74) is 0.532. The van der Waals surface area contributed by atoms with Crippen LogP contribution >= 0.6 is 30.3 Å². The SMILES string of the molecule is C=C(/C=c1\c(=C/CF)ccn1SI)NS(C)=O. The van der Waals surface area contributed by atoms with Gasteiger partial charge in [-0.15, -0.1) is 0 Å². The molecule has 1 unspecified atom stereocenters. The van der Waals surface area contributed by atoms with Gasteiger partial charge in [-0.05, 0) is 23.4 Å². The van der Waals surface area contributed by atoms with Gasteiger partial charge in [0.1, 0.15) is 17.7 Å². The molecule has 0 amide bonds. The highest BCUT2D eigenvalue weighted by Crippen LogP contribution is 2.10. The Bertz CT molecular complexity index is 541. The van der Waals surface area contributed by atoms with Crippen LogP contribution in [0, 0.1) is 0 Å². The molecule has 0 spiro atoms. The fourth-order valence-corrected chi connectivity index (χ4v) is 3.08. The first-order chi connectivity index (χ1) is 8.08. The Labute approximate surface area is 118 Å². The Morgan fingerprint density at radius 1 is 1.82 bits per heavy atom. The summed E-state index contributed by atoms with van der Waals surface area (Å²) in [4.78, 5) is 0. The summed E-state index contributed by atoms with van der Waals surface area (Å²) in [5.74, 6) is 0. The van der Waals surface area contributed by atoms with Crippen molar-refractivity contribution in [1.82, 2.24) is 8.69 Å². The van der Waals surface area contributed by atoms with Crippen molar-refractivity contribution in [3.05, 3.63) is 35.1 Å². The fraction of sp³-hybridized carbons (Fsp3) is 0.200. The first-order valence-corrected chi connectivity index (χ1v) is 9.49. The highest BCUT2D eigenvalue weighted by Gasteiger charge is 1.97. The van der Waals surface area contributed by atoms with E-state index in [-0.39, 0.29) is 0 Å². The lowest BCUT2D eigenvalue weighted by Crippen LogP contribution is -2.28. The highest BCUT2D eigenvalue weighted by molar-refractivity contribution is 14.2. The third kappa shape index (κ3) is 4.47. The normalized spacial score (nSPS) is 15.0. The molecule has 1 aromatic heterocycles. The van der Waals surface area contributed by atoms with Gasteiger partial charge in [-0.25, -0.2) is 8.60 Å². The van der Waals surface area contributed by atoms with E-state index in [2.05, 4.69) is 32.5 Å². The van der Waals surface area contributed by atoms with E-state index < -0.39 is 17.7 Å². The lowest BCUT2D eigenvalue weighted by Gasteiger charge is -2.01. The predicted octanol–water partition coefficient (Wildman–Crippen LogP) is 1.26. The molecule has 0 radical (unpaired) electrons. The van der Waals surface area contributed by atoms with E-state index in [1.165, 1.54) is 21.5 Å². The second-order valence-corrected chi connectivity index (χ2v) is 5.96. The van der Waals surface area contributed by atoms with E-state index in [1.54, 1.807) is 6.08 Å². The Hall–Kier alpha value is -0.280. The summed E-state index contributed by atoms with van der Waals surface area (Å²) in [7, 11) is 0.312. The smallest absolute Gasteiger partial charge is 0.113 e. The molecular weight excluding hydrogens is 374 g/mol. The predicted molar refractivity (Wildman–Crippen MR) is 81.9 cm³/mol. The molecule has 0 bridgehead atoms. The van der Waals surface area contributed by atoms with E-state index in [0.29, 0.717) is 5.70 Å². The van der Waals surface area contributed by atoms with Crippen LogP contribution < -0.4 is 15.3 Å². The second-order valence-electron chi connectivity index (χ2n) is 3.14. The lowest BCUT2D eigenvalue weighted by atomic mass is 10.3. The number of halogens is 2. The molecule has 0 fully saturated rings. The number of hydrogen-bond donors (Lipinski definition) is 1. The van der Waals surface area contributed by atoms with Crippen molar-refractivity contribution >= 4 is 53.5 Å². The molecule has 0 saturated heterocycles. The molecule has 17 heavy (non-hydrogen) atoms. The molecule has 3 nitrogen and oxygen atoms in total. The summed E-state index contributed by atoms with van der Waals surface area (Å²) in [6.07, 6.45) is 6.61. The van der Waals surface area contributed by atoms with Gasteiger partial charge in [0, 0.05) is 48.5 Å². The van der Waals surface area contributed by atoms with Crippen LogP contribution in [0.4, 0.5) is 4.39 Å². The first-order valence-electron chi connectivity index (χ1n) is 4.61. The summed E-state index contributed by atoms with van der Waals surface area (Å²) >= 11 is 2.13. The Balaban J connectivity index is 3.22. The van der Waals surface area contributed by atoms with Crippen LogP contribution in [-0.2, 0) is 11.0 Å². The van der Waals surface area contributed by atoms with Gasteiger partial charge >= 0.3 is 0 Å². The summed E-state index contributed by atoms with van der Waals surface area (Å²) in [6, 6.07) is 1.83. The molecule has 1 N–H and O–H groups in total. The molecule has 0 saturated carbocycles. The van der Waals surface area contributed by atoms with Gasteiger partial charge in [0.15, 0.2) is 0 Å². The standard InChI is InChI=1S/C10H12FIN2OS2/c1-8(13-17(2)15)7-10-9(3-5-11)4-6-14(10)16-12/h3-4,6-7,13H,1,5H2,2H3/b9-3-,10-7+. The molecular formula is C10H12FIN2OS2. The van der Waals surface area contributed by atoms with E-state index in [4.69, 9.17) is 0 Å². The molecule has 0 aliphatic heterocycles. The van der Waals surface area contributed by atoms with Crippen molar-refractivity contribution in [2.75, 3.05) is 12.9 Å². The summed E-state index contributed by atoms with van der Waals surface area (Å²) in [5, 5.41) is 1.62. The third-order valence-electron chi connectivity index (χ3n) is 1.88. The van der Waals surface area contributed by atoms with Gasteiger partial charge in [-0.3, -0.25) is 3.97 Å². The quantitative estimate of drug-likeness (QED) is 0.774. The molecule has 0 aromatic carbocycles. The minimum atomic E-state index is -1.16. The number of nitrogens with one attached hydrogen (secondary N) is 1. The zero-order valence-electron chi connectivity index (χ0n) is 9.15. The van der Waals surface area contributed by atoms with Crippen LogP contribution in [0.2, 0.25) is 0 Å². The average Bonchev–Trinajstić information content (AvgIpc) is 2.60. The third-order valence-corrected chi connectivity index (χ3v) is 4.17. The zero-order chi connectivity index (χ0) is 12.8. The Kier molecular flexibility index (Phi) is 6.28. The topological polar surface area (TPSA) is 34.0 Å². The summed E-state index contributed by atoms with van der Waals surface area (Å²) in [6.45, 7) is 3.24. The monoisotopic (exact) mass is 386 g/mol. The first kappa shape index (κ1) is 14.8. The van der Waals surface area contributed by atoms with Crippen LogP contribution in [0.1, 0.15) is 0 Å². The van der Waals surface area contributed by atoms with Crippen LogP contribution in [0.5, 0.6) is 0 Å². The average molecular weight is 386 g/mol. The largest absolute Gasteiger partial charge is 0.306 e. The van der Waals surface area contributed by atoms with E-state index in [1.807, 2.05) is 16.2 Å². The molecule has 0 aliphatic carbocycles. The van der Waals surface area contributed by atoms with Crippen molar-refractivity contribution in [2.45, 2.75) is 0 Å². The van der Waals surface area contributed by atoms with Crippen LogP contribution in [-0.4, -0.2) is 21.1 Å². The highest BCUT2D eigenvalue weighted by atomic mass is 127. The van der Waals surface area contributed by atoms with Gasteiger partial charge in [0.2, 0.25) is 0 Å². The fourth-order valence-electron chi connectivity index (χ4n) is 1.28. The van der Waals surface area contributed by atoms with E-state index in [0.717, 1.165) is 10.6 Å². The number of allylic oxidation sites excluding steroid dienone is 1. The molecule has 1 aromatic rings. The number of aromatic nitrogens is 1. The number of rotatable bonds is 5. The molecule has 7 heteroatoms. The van der Waals surface area contributed by atoms with Crippen LogP contribution in [0.3, 0.4) is 0 Å². The second kappa shape index (κ2) is 7.22. The van der Waals surface area contributed by atoms with Crippen molar-refractivity contribution in [3.63, 3.8) is 0 Å². The van der Waals surface area contributed by atoms with Crippen molar-refractivity contribution in [2.24, 2.45) is 0 Å². The minimum Gasteiger partial charge on any atom is -0.306 e. The number of hydrogen-bond acceptors (Lipinski definition) is 2. The maximum atomic E-state index is 12.3. The molecule has 94 valence electrons. The molecule has 1 atom stereocenters. The maximum absolute atomic E-state index is 12.3. The van der Waals surface area contributed by atoms with Crippen LogP contribution in [0.25, 0.3) is 12.2 Å². The number of nitrogens with zero attached hydrogens (tertiary/aromatic N) is 1. The van der Waals surface area contributed by atoms with Crippen molar-refractivity contribution in [3.8, 4) is 0 Å². The van der Waals surface area contributed by atoms with Gasteiger partial charge < -0.3 is 4.72 Å². The molecule has 1 rings (SSSR count). The van der Waals surface area contributed by atoms with Gasteiger partial charge in [0.25, 0.3) is 0 Å². The van der Waals surface area contributed by atoms with Crippen LogP contribution in [0.15, 0.2) is 24.5 Å². The van der Waals surface area contributed by atoms with Gasteiger partial charge in [-0.1, -0.05) is 6.58 Å². The van der Waals surface area contributed by atoms with Gasteiger partial charge in [0.05, 0.1) is 5.35 Å². The molecule has 0 aliphatic rings. The maximum Gasteiger partial charge on any atom is 0.113 e. The zero-order valence-corrected chi connectivity index (χ0v) is 12.9. The summed E-state index contributed by atoms with van der Waals surface area (Å²) < 4.78 is 27.9. The van der Waals surface area contributed by atoms with Gasteiger partial charge in [-0.2, -0.15) is 0 Å². The van der Waals surface area contributed by atoms with E-state index in [9.17, 15) is 8.60 Å². The Morgan fingerprint density at radius 2 is 2.53 bits per heavy atom. The van der Waals surface area contributed by atoms with E-state index >= 15 is 0 Å². The number of alkyl halides is 1. The minimum absolute atomic E-state index is 0.517. The van der Waals surface area contributed by atoms with Crippen molar-refractivity contribution < 1.29 is 8.60 Å². The molecule has 1 heterocycles. The van der Waals surface area contributed by atoms with Crippen molar-refractivity contribution in [1.29, 1.82) is 0 Å². The lowest BCUT2D eigenvalue weighted by molar-refractivity contribution is 0.578. The Morgan fingerprint density at radius 3 is 3.06 bits per heavy atom.